The lowest BCUT2D eigenvalue weighted by atomic mass is 9.98. The average molecular weight is 598 g/mol. The molecule has 3 aliphatic rings. The first-order valence-corrected chi connectivity index (χ1v) is 12.8. The zero-order valence-electron chi connectivity index (χ0n) is 22.0. The Morgan fingerprint density at radius 2 is 1.51 bits per heavy atom. The number of fused-ring (bicyclic) bond motifs is 1. The number of anilines is 1. The molecule has 1 saturated heterocycles. The Bertz CT molecular complexity index is 1690. The predicted octanol–water partition coefficient (Wildman–Crippen LogP) is 4.06. The lowest BCUT2D eigenvalue weighted by Crippen LogP contribution is -2.45. The Morgan fingerprint density at radius 3 is 2.14 bits per heavy atom. The summed E-state index contributed by atoms with van der Waals surface area (Å²) in [6.45, 7) is -0.646. The number of hydrazone groups is 1. The van der Waals surface area contributed by atoms with Crippen molar-refractivity contribution in [3.63, 3.8) is 0 Å². The van der Waals surface area contributed by atoms with Crippen LogP contribution in [0.5, 0.6) is 5.75 Å². The zero-order valence-corrected chi connectivity index (χ0v) is 22.0. The maximum Gasteiger partial charge on any atom is 0.264 e. The van der Waals surface area contributed by atoms with Crippen LogP contribution in [0.3, 0.4) is 0 Å². The first-order valence-electron chi connectivity index (χ1n) is 12.8. The quantitative estimate of drug-likeness (QED) is 0.184. The van der Waals surface area contributed by atoms with Crippen molar-refractivity contribution >= 4 is 29.1 Å². The molecule has 0 spiro atoms. The van der Waals surface area contributed by atoms with Crippen LogP contribution in [0.25, 0.3) is 0 Å². The standard InChI is InChI=1S/C28H19F5N6O4/c1-43-15-9-7-14(8-10-15)17-11-16(13-5-3-2-4-6-13)35-39(17)18(40)12-37-26-24(34-36-37)27(41)38(28(26)42)25-22(32)20(30)19(29)21(31)23(25)33/h2-10,17,24,26H,11-12H2,1H3. The number of methoxy groups -OCH3 is 1. The van der Waals surface area contributed by atoms with Crippen LogP contribution in [-0.2, 0) is 14.4 Å². The monoisotopic (exact) mass is 598 g/mol. The number of rotatable bonds is 6. The van der Waals surface area contributed by atoms with Gasteiger partial charge < -0.3 is 4.74 Å². The molecule has 0 bridgehead atoms. The first kappa shape index (κ1) is 27.9. The van der Waals surface area contributed by atoms with E-state index >= 15 is 0 Å². The summed E-state index contributed by atoms with van der Waals surface area (Å²) in [5, 5.41) is 14.0. The molecule has 1 fully saturated rings. The van der Waals surface area contributed by atoms with Gasteiger partial charge in [-0.1, -0.05) is 47.7 Å². The highest BCUT2D eigenvalue weighted by molar-refractivity contribution is 6.25. The van der Waals surface area contributed by atoms with Gasteiger partial charge in [-0.2, -0.15) is 10.2 Å². The second-order valence-electron chi connectivity index (χ2n) is 9.77. The molecule has 3 aliphatic heterocycles. The molecule has 0 aromatic heterocycles. The molecular weight excluding hydrogens is 579 g/mol. The van der Waals surface area contributed by atoms with Gasteiger partial charge in [-0.25, -0.2) is 31.9 Å². The van der Waals surface area contributed by atoms with Gasteiger partial charge in [-0.05, 0) is 23.3 Å². The minimum Gasteiger partial charge on any atom is -0.497 e. The second-order valence-corrected chi connectivity index (χ2v) is 9.77. The third-order valence-corrected chi connectivity index (χ3v) is 7.34. The van der Waals surface area contributed by atoms with Crippen LogP contribution in [0.4, 0.5) is 27.6 Å². The van der Waals surface area contributed by atoms with E-state index < -0.39 is 77.2 Å². The number of carbonyl (C=O) groups excluding carboxylic acids is 3. The van der Waals surface area contributed by atoms with E-state index in [9.17, 15) is 36.3 Å². The second kappa shape index (κ2) is 10.6. The van der Waals surface area contributed by atoms with E-state index in [1.165, 1.54) is 12.1 Å². The molecule has 10 nitrogen and oxygen atoms in total. The maximum atomic E-state index is 14.5. The van der Waals surface area contributed by atoms with E-state index in [-0.39, 0.29) is 4.90 Å². The van der Waals surface area contributed by atoms with E-state index in [0.717, 1.165) is 16.1 Å². The molecule has 3 aromatic rings. The number of halogens is 5. The number of hydrogen-bond donors (Lipinski definition) is 0. The molecule has 3 aromatic carbocycles. The molecule has 43 heavy (non-hydrogen) atoms. The lowest BCUT2D eigenvalue weighted by Gasteiger charge is -2.25. The summed E-state index contributed by atoms with van der Waals surface area (Å²) in [5.74, 6) is -14.6. The van der Waals surface area contributed by atoms with Gasteiger partial charge in [0.1, 0.15) is 18.0 Å². The number of carbonyl (C=O) groups is 3. The normalized spacial score (nSPS) is 21.1. The third kappa shape index (κ3) is 4.47. The molecule has 3 amide bonds. The molecular formula is C28H19F5N6O4. The summed E-state index contributed by atoms with van der Waals surface area (Å²) in [5.41, 5.74) is 0.361. The van der Waals surface area contributed by atoms with Crippen LogP contribution in [-0.4, -0.2) is 59.2 Å². The molecule has 3 unspecified atom stereocenters. The number of nitrogens with zero attached hydrogens (tertiary/aromatic N) is 6. The Kier molecular flexibility index (Phi) is 6.86. The van der Waals surface area contributed by atoms with Crippen LogP contribution in [0, 0.1) is 29.1 Å². The summed E-state index contributed by atoms with van der Waals surface area (Å²) in [7, 11) is 1.51. The van der Waals surface area contributed by atoms with Gasteiger partial charge in [0.2, 0.25) is 5.82 Å². The first-order chi connectivity index (χ1) is 20.6. The van der Waals surface area contributed by atoms with Crippen LogP contribution >= 0.6 is 0 Å². The number of benzene rings is 3. The van der Waals surface area contributed by atoms with Crippen molar-refractivity contribution in [1.82, 2.24) is 10.0 Å². The Hall–Kier alpha value is -5.21. The van der Waals surface area contributed by atoms with Crippen LogP contribution in [0.15, 0.2) is 70.0 Å². The van der Waals surface area contributed by atoms with E-state index in [1.807, 2.05) is 30.3 Å². The smallest absolute Gasteiger partial charge is 0.264 e. The molecule has 0 N–H and O–H groups in total. The number of imide groups is 1. The summed E-state index contributed by atoms with van der Waals surface area (Å²) >= 11 is 0. The highest BCUT2D eigenvalue weighted by atomic mass is 19.2. The largest absolute Gasteiger partial charge is 0.497 e. The lowest BCUT2D eigenvalue weighted by molar-refractivity contribution is -0.135. The highest BCUT2D eigenvalue weighted by Crippen LogP contribution is 2.38. The molecule has 0 saturated carbocycles. The maximum absolute atomic E-state index is 14.5. The van der Waals surface area contributed by atoms with E-state index in [0.29, 0.717) is 17.9 Å². The Morgan fingerprint density at radius 1 is 0.884 bits per heavy atom. The van der Waals surface area contributed by atoms with E-state index in [2.05, 4.69) is 15.4 Å². The van der Waals surface area contributed by atoms with Gasteiger partial charge >= 0.3 is 0 Å². The van der Waals surface area contributed by atoms with Crippen molar-refractivity contribution in [3.8, 4) is 5.75 Å². The summed E-state index contributed by atoms with van der Waals surface area (Å²) < 4.78 is 75.5. The van der Waals surface area contributed by atoms with Crippen LogP contribution < -0.4 is 9.64 Å². The van der Waals surface area contributed by atoms with Crippen molar-refractivity contribution < 1.29 is 41.1 Å². The van der Waals surface area contributed by atoms with Gasteiger partial charge in [0.25, 0.3) is 17.7 Å². The fourth-order valence-electron chi connectivity index (χ4n) is 5.21. The summed E-state index contributed by atoms with van der Waals surface area (Å²) in [6.07, 6.45) is 0.334. The van der Waals surface area contributed by atoms with Crippen molar-refractivity contribution in [1.29, 1.82) is 0 Å². The molecule has 6 rings (SSSR count). The Labute approximate surface area is 239 Å². The summed E-state index contributed by atoms with van der Waals surface area (Å²) in [6, 6.07) is 12.2. The topological polar surface area (TPSA) is 107 Å². The highest BCUT2D eigenvalue weighted by Gasteiger charge is 2.57. The van der Waals surface area contributed by atoms with Gasteiger partial charge in [0, 0.05) is 6.42 Å². The van der Waals surface area contributed by atoms with Crippen molar-refractivity contribution in [3.05, 3.63) is 94.8 Å². The number of amides is 3. The number of hydrogen-bond acceptors (Lipinski definition) is 8. The molecule has 3 atom stereocenters. The minimum atomic E-state index is -2.45. The fourth-order valence-corrected chi connectivity index (χ4v) is 5.21. The van der Waals surface area contributed by atoms with Crippen molar-refractivity contribution in [2.24, 2.45) is 15.4 Å². The average Bonchev–Trinajstić information content (AvgIpc) is 3.72. The number of ether oxygens (including phenoxy) is 1. The van der Waals surface area contributed by atoms with Gasteiger partial charge in [-0.15, -0.1) is 0 Å². The predicted molar refractivity (Wildman–Crippen MR) is 138 cm³/mol. The van der Waals surface area contributed by atoms with Crippen molar-refractivity contribution in [2.45, 2.75) is 24.5 Å². The molecule has 3 heterocycles. The molecule has 15 heteroatoms. The van der Waals surface area contributed by atoms with E-state index in [1.54, 1.807) is 24.3 Å². The molecule has 220 valence electrons. The molecule has 0 radical (unpaired) electrons. The van der Waals surface area contributed by atoms with Crippen LogP contribution in [0.1, 0.15) is 23.6 Å². The van der Waals surface area contributed by atoms with Gasteiger partial charge in [0.05, 0.1) is 18.9 Å². The fraction of sp³-hybridized carbons (Fsp3) is 0.214. The minimum absolute atomic E-state index is 0.150. The third-order valence-electron chi connectivity index (χ3n) is 7.34. The van der Waals surface area contributed by atoms with Gasteiger partial charge in [0.15, 0.2) is 35.4 Å². The van der Waals surface area contributed by atoms with E-state index in [4.69, 9.17) is 4.74 Å². The van der Waals surface area contributed by atoms with Gasteiger partial charge in [-0.3, -0.25) is 19.4 Å². The van der Waals surface area contributed by atoms with Crippen LogP contribution in [0.2, 0.25) is 0 Å². The molecule has 0 aliphatic carbocycles. The Balaban J connectivity index is 1.29. The zero-order chi connectivity index (χ0) is 30.6. The van der Waals surface area contributed by atoms with Crippen molar-refractivity contribution in [2.75, 3.05) is 18.6 Å². The summed E-state index contributed by atoms with van der Waals surface area (Å²) in [4.78, 5) is 39.6. The SMILES string of the molecule is COc1ccc(C2CC(c3ccccc3)=NN2C(=O)CN2N=NC3C(=O)N(c4c(F)c(F)c(F)c(F)c4F)C(=O)C32)cc1.